The van der Waals surface area contributed by atoms with Gasteiger partial charge >= 0.3 is 6.03 Å². The molecule has 1 aliphatic carbocycles. The van der Waals surface area contributed by atoms with Gasteiger partial charge in [0.2, 0.25) is 0 Å². The summed E-state index contributed by atoms with van der Waals surface area (Å²) in [6, 6.07) is 5.47. The molecule has 4 nitrogen and oxygen atoms in total. The molecular formula is C20H31ClN2O2. The first-order valence-electron chi connectivity index (χ1n) is 9.15. The smallest absolute Gasteiger partial charge is 0.312 e. The summed E-state index contributed by atoms with van der Waals surface area (Å²) in [5.41, 5.74) is 7.14. The summed E-state index contributed by atoms with van der Waals surface area (Å²) in [7, 11) is 0. The first-order valence-corrected chi connectivity index (χ1v) is 9.53. The third-order valence-electron chi connectivity index (χ3n) is 5.35. The lowest BCUT2D eigenvalue weighted by Gasteiger charge is -2.44. The number of hydrogen-bond acceptors (Lipinski definition) is 2. The van der Waals surface area contributed by atoms with Crippen molar-refractivity contribution >= 4 is 17.6 Å². The molecule has 1 aromatic rings. The second-order valence-electron chi connectivity index (χ2n) is 8.45. The van der Waals surface area contributed by atoms with E-state index in [1.165, 1.54) is 0 Å². The second kappa shape index (κ2) is 7.96. The summed E-state index contributed by atoms with van der Waals surface area (Å²) in [6.45, 7) is 6.67. The number of amides is 2. The Morgan fingerprint density at radius 1 is 1.40 bits per heavy atom. The number of halogens is 1. The highest BCUT2D eigenvalue weighted by Gasteiger charge is 2.43. The van der Waals surface area contributed by atoms with E-state index in [0.29, 0.717) is 0 Å². The van der Waals surface area contributed by atoms with Crippen LogP contribution in [0.2, 0.25) is 5.02 Å². The van der Waals surface area contributed by atoms with Gasteiger partial charge in [0.15, 0.2) is 0 Å². The topological polar surface area (TPSA) is 75.3 Å². The first-order chi connectivity index (χ1) is 11.7. The highest BCUT2D eigenvalue weighted by molar-refractivity contribution is 6.31. The molecule has 4 N–H and O–H groups in total. The van der Waals surface area contributed by atoms with Crippen LogP contribution in [0.3, 0.4) is 0 Å². The van der Waals surface area contributed by atoms with Gasteiger partial charge in [0.05, 0.1) is 5.54 Å². The van der Waals surface area contributed by atoms with Crippen LogP contribution in [0.1, 0.15) is 64.0 Å². The van der Waals surface area contributed by atoms with Crippen LogP contribution >= 0.6 is 11.6 Å². The minimum absolute atomic E-state index is 0.0175. The Morgan fingerprint density at radius 3 is 2.68 bits per heavy atom. The zero-order chi connectivity index (χ0) is 18.7. The third kappa shape index (κ3) is 4.89. The van der Waals surface area contributed by atoms with Crippen molar-refractivity contribution in [2.75, 3.05) is 6.61 Å². The van der Waals surface area contributed by atoms with Crippen LogP contribution in [0.5, 0.6) is 0 Å². The predicted molar refractivity (Wildman–Crippen MR) is 103 cm³/mol. The van der Waals surface area contributed by atoms with Gasteiger partial charge in [0.25, 0.3) is 0 Å². The molecule has 1 saturated carbocycles. The fourth-order valence-electron chi connectivity index (χ4n) is 3.87. The normalized spacial score (nSPS) is 24.1. The van der Waals surface area contributed by atoms with Crippen LogP contribution in [0, 0.1) is 11.3 Å². The van der Waals surface area contributed by atoms with E-state index in [0.717, 1.165) is 54.7 Å². The van der Waals surface area contributed by atoms with Crippen molar-refractivity contribution in [1.29, 1.82) is 0 Å². The number of aryl methyl sites for hydroxylation is 1. The Bertz CT molecular complexity index is 612. The molecule has 0 bridgehead atoms. The molecule has 2 rings (SSSR count). The van der Waals surface area contributed by atoms with Crippen LogP contribution in [0.4, 0.5) is 4.79 Å². The molecule has 0 spiro atoms. The maximum Gasteiger partial charge on any atom is 0.312 e. The van der Waals surface area contributed by atoms with Gasteiger partial charge in [-0.3, -0.25) is 0 Å². The van der Waals surface area contributed by atoms with Crippen molar-refractivity contribution in [3.05, 3.63) is 34.3 Å². The number of nitrogens with one attached hydrogen (secondary N) is 1. The summed E-state index contributed by atoms with van der Waals surface area (Å²) >= 11 is 6.56. The van der Waals surface area contributed by atoms with E-state index in [4.69, 9.17) is 17.3 Å². The quantitative estimate of drug-likeness (QED) is 0.723. The lowest BCUT2D eigenvalue weighted by Crippen LogP contribution is -2.55. The van der Waals surface area contributed by atoms with Crippen LogP contribution in [0.15, 0.2) is 18.2 Å². The standard InChI is InChI=1S/C20H31ClN2O2/c1-19(2,3)11-9-14-7-8-15(12-17(14)21)20(23-18(22)25)10-5-4-6-16(20)13-24/h7-8,12,16,24H,4-6,9-11,13H2,1-3H3,(H3,22,23,25). The molecule has 0 heterocycles. The van der Waals surface area contributed by atoms with Crippen LogP contribution in [-0.4, -0.2) is 17.7 Å². The Morgan fingerprint density at radius 2 is 2.12 bits per heavy atom. The van der Waals surface area contributed by atoms with E-state index < -0.39 is 11.6 Å². The first kappa shape index (κ1) is 20.1. The minimum Gasteiger partial charge on any atom is -0.396 e. The van der Waals surface area contributed by atoms with Crippen molar-refractivity contribution in [1.82, 2.24) is 5.32 Å². The zero-order valence-electron chi connectivity index (χ0n) is 15.6. The number of benzene rings is 1. The highest BCUT2D eigenvalue weighted by Crippen LogP contribution is 2.42. The maximum absolute atomic E-state index is 11.7. The number of aliphatic hydroxyl groups excluding tert-OH is 1. The lowest BCUT2D eigenvalue weighted by atomic mass is 9.69. The van der Waals surface area contributed by atoms with E-state index in [2.05, 4.69) is 32.2 Å². The summed E-state index contributed by atoms with van der Waals surface area (Å²) in [4.78, 5) is 11.7. The van der Waals surface area contributed by atoms with E-state index in [9.17, 15) is 9.90 Å². The monoisotopic (exact) mass is 366 g/mol. The number of aliphatic hydroxyl groups is 1. The molecule has 1 aromatic carbocycles. The van der Waals surface area contributed by atoms with Gasteiger partial charge in [-0.15, -0.1) is 0 Å². The molecule has 2 amide bonds. The Labute approximate surface area is 156 Å². The van der Waals surface area contributed by atoms with Crippen molar-refractivity contribution < 1.29 is 9.90 Å². The molecule has 1 aliphatic rings. The zero-order valence-corrected chi connectivity index (χ0v) is 16.3. The van der Waals surface area contributed by atoms with Crippen LogP contribution in [-0.2, 0) is 12.0 Å². The fourth-order valence-corrected chi connectivity index (χ4v) is 4.14. The van der Waals surface area contributed by atoms with Gasteiger partial charge in [0.1, 0.15) is 0 Å². The summed E-state index contributed by atoms with van der Waals surface area (Å²) in [6.07, 6.45) is 5.63. The van der Waals surface area contributed by atoms with Crippen molar-refractivity contribution in [2.24, 2.45) is 17.1 Å². The van der Waals surface area contributed by atoms with Crippen molar-refractivity contribution in [3.8, 4) is 0 Å². The second-order valence-corrected chi connectivity index (χ2v) is 8.86. The number of carbonyl (C=O) groups is 1. The molecule has 0 aliphatic heterocycles. The number of nitrogens with two attached hydrogens (primary N) is 1. The molecule has 0 saturated heterocycles. The third-order valence-corrected chi connectivity index (χ3v) is 5.70. The minimum atomic E-state index is -0.634. The van der Waals surface area contributed by atoms with E-state index in [-0.39, 0.29) is 17.9 Å². The van der Waals surface area contributed by atoms with Crippen molar-refractivity contribution in [3.63, 3.8) is 0 Å². The van der Waals surface area contributed by atoms with E-state index in [1.54, 1.807) is 0 Å². The summed E-state index contributed by atoms with van der Waals surface area (Å²) in [5, 5.41) is 13.5. The predicted octanol–water partition coefficient (Wildman–Crippen LogP) is 4.36. The molecule has 0 radical (unpaired) electrons. The molecular weight excluding hydrogens is 336 g/mol. The van der Waals surface area contributed by atoms with Gasteiger partial charge in [-0.1, -0.05) is 57.3 Å². The summed E-state index contributed by atoms with van der Waals surface area (Å²) in [5.74, 6) is -0.0507. The number of urea groups is 1. The van der Waals surface area contributed by atoms with Gasteiger partial charge in [-0.2, -0.15) is 0 Å². The molecule has 2 unspecified atom stereocenters. The number of carbonyl (C=O) groups excluding carboxylic acids is 1. The maximum atomic E-state index is 11.7. The lowest BCUT2D eigenvalue weighted by molar-refractivity contribution is 0.0861. The van der Waals surface area contributed by atoms with E-state index in [1.807, 2.05) is 12.1 Å². The summed E-state index contributed by atoms with van der Waals surface area (Å²) < 4.78 is 0. The van der Waals surface area contributed by atoms with Crippen LogP contribution in [0.25, 0.3) is 0 Å². The van der Waals surface area contributed by atoms with E-state index >= 15 is 0 Å². The largest absolute Gasteiger partial charge is 0.396 e. The highest BCUT2D eigenvalue weighted by atomic mass is 35.5. The van der Waals surface area contributed by atoms with Gasteiger partial charge < -0.3 is 16.2 Å². The Hall–Kier alpha value is -1.26. The molecule has 5 heteroatoms. The molecule has 1 fully saturated rings. The SMILES string of the molecule is CC(C)(C)CCc1ccc(C2(NC(N)=O)CCCCC2CO)cc1Cl. The van der Waals surface area contributed by atoms with Gasteiger partial charge in [0, 0.05) is 17.5 Å². The average molecular weight is 367 g/mol. The molecule has 2 atom stereocenters. The average Bonchev–Trinajstić information content (AvgIpc) is 2.52. The van der Waals surface area contributed by atoms with Gasteiger partial charge in [-0.05, 0) is 48.3 Å². The van der Waals surface area contributed by atoms with Crippen LogP contribution < -0.4 is 11.1 Å². The van der Waals surface area contributed by atoms with Gasteiger partial charge in [-0.25, -0.2) is 4.79 Å². The fraction of sp³-hybridized carbons (Fsp3) is 0.650. The van der Waals surface area contributed by atoms with Crippen molar-refractivity contribution in [2.45, 2.75) is 64.8 Å². The number of rotatable bonds is 5. The Kier molecular flexibility index (Phi) is 6.39. The Balaban J connectivity index is 2.35. The number of primary amides is 1. The number of hydrogen-bond donors (Lipinski definition) is 3. The molecule has 25 heavy (non-hydrogen) atoms. The molecule has 0 aromatic heterocycles. The molecule has 140 valence electrons.